The molecule has 0 aliphatic carbocycles. The highest BCUT2D eigenvalue weighted by molar-refractivity contribution is 7.86. The molecule has 0 radical (unpaired) electrons. The van der Waals surface area contributed by atoms with Crippen molar-refractivity contribution in [2.75, 3.05) is 0 Å². The van der Waals surface area contributed by atoms with Gasteiger partial charge in [-0.05, 0) is 30.7 Å². The zero-order chi connectivity index (χ0) is 21.9. The van der Waals surface area contributed by atoms with Gasteiger partial charge in [0.15, 0.2) is 12.3 Å². The highest BCUT2D eigenvalue weighted by atomic mass is 32.2. The van der Waals surface area contributed by atoms with E-state index in [1.54, 1.807) is 19.1 Å². The van der Waals surface area contributed by atoms with E-state index in [2.05, 4.69) is 10.6 Å². The largest absolute Gasteiger partial charge is 0.378 e. The molecule has 2 aromatic rings. The Hall–Kier alpha value is -3.08. The lowest BCUT2D eigenvalue weighted by Gasteiger charge is -2.34. The molecule has 158 valence electrons. The molecule has 0 bridgehead atoms. The van der Waals surface area contributed by atoms with E-state index in [1.165, 1.54) is 36.4 Å². The molecule has 3 rings (SSSR count). The predicted molar refractivity (Wildman–Crippen MR) is 105 cm³/mol. The molecule has 2 aromatic carbocycles. The number of rotatable bonds is 8. The molecule has 1 aliphatic rings. The Kier molecular flexibility index (Phi) is 6.30. The molecule has 3 N–H and O–H groups in total. The topological polar surface area (TPSA) is 139 Å². The minimum atomic E-state index is -4.26. The molecule has 10 heteroatoms. The van der Waals surface area contributed by atoms with Crippen LogP contribution in [0.5, 0.6) is 0 Å². The molecule has 0 spiro atoms. The molecule has 1 fully saturated rings. The molecule has 3 atom stereocenters. The van der Waals surface area contributed by atoms with E-state index < -0.39 is 34.4 Å². The summed E-state index contributed by atoms with van der Waals surface area (Å²) >= 11 is 0. The van der Waals surface area contributed by atoms with Gasteiger partial charge >= 0.3 is 0 Å². The molecular weight excluding hydrogens is 412 g/mol. The van der Waals surface area contributed by atoms with E-state index in [1.807, 2.05) is 0 Å². The maximum Gasteiger partial charge on any atom is 0.299 e. The third-order valence-electron chi connectivity index (χ3n) is 4.55. The van der Waals surface area contributed by atoms with Gasteiger partial charge in [0.2, 0.25) is 5.91 Å². The minimum Gasteiger partial charge on any atom is -0.378 e. The summed E-state index contributed by atoms with van der Waals surface area (Å²) in [6.07, 6.45) is -2.58. The van der Waals surface area contributed by atoms with Crippen molar-refractivity contribution < 1.29 is 32.1 Å². The molecule has 9 nitrogen and oxygen atoms in total. The number of aliphatic hydroxyl groups excluding tert-OH is 1. The van der Waals surface area contributed by atoms with E-state index in [4.69, 9.17) is 4.18 Å². The number of aryl methyl sites for hydroxylation is 1. The SMILES string of the molecule is Cc1ccc(S(=O)(=O)OC(NC(=O)C(O)c2cccc(C=O)c2)C2CC(=O)N2)cc1. The van der Waals surface area contributed by atoms with E-state index in [0.717, 1.165) is 5.56 Å². The van der Waals surface area contributed by atoms with Crippen LogP contribution in [0.25, 0.3) is 0 Å². The Morgan fingerprint density at radius 3 is 2.53 bits per heavy atom. The van der Waals surface area contributed by atoms with E-state index >= 15 is 0 Å². The van der Waals surface area contributed by atoms with Gasteiger partial charge in [0.05, 0.1) is 17.4 Å². The van der Waals surface area contributed by atoms with Gasteiger partial charge in [-0.2, -0.15) is 8.42 Å². The molecule has 1 aliphatic heterocycles. The highest BCUT2D eigenvalue weighted by Crippen LogP contribution is 2.21. The summed E-state index contributed by atoms with van der Waals surface area (Å²) in [5, 5.41) is 15.1. The highest BCUT2D eigenvalue weighted by Gasteiger charge is 2.39. The zero-order valence-corrected chi connectivity index (χ0v) is 16.8. The van der Waals surface area contributed by atoms with E-state index in [9.17, 15) is 27.9 Å². The van der Waals surface area contributed by atoms with Crippen LogP contribution in [0, 0.1) is 6.92 Å². The molecule has 0 aromatic heterocycles. The van der Waals surface area contributed by atoms with Crippen LogP contribution < -0.4 is 10.6 Å². The van der Waals surface area contributed by atoms with Crippen LogP contribution in [0.3, 0.4) is 0 Å². The van der Waals surface area contributed by atoms with Crippen molar-refractivity contribution in [3.8, 4) is 0 Å². The molecule has 1 heterocycles. The molecular formula is C20H20N2O7S. The van der Waals surface area contributed by atoms with Crippen molar-refractivity contribution in [3.05, 3.63) is 65.2 Å². The summed E-state index contributed by atoms with van der Waals surface area (Å²) in [6, 6.07) is 10.9. The van der Waals surface area contributed by atoms with Gasteiger partial charge in [-0.3, -0.25) is 14.4 Å². The number of carbonyl (C=O) groups excluding carboxylic acids is 3. The number of carbonyl (C=O) groups is 3. The van der Waals surface area contributed by atoms with Crippen molar-refractivity contribution in [3.63, 3.8) is 0 Å². The Labute approximate surface area is 173 Å². The van der Waals surface area contributed by atoms with Crippen molar-refractivity contribution in [1.82, 2.24) is 10.6 Å². The number of nitrogens with one attached hydrogen (secondary N) is 2. The van der Waals surface area contributed by atoms with Gasteiger partial charge in [-0.1, -0.05) is 35.9 Å². The number of hydrogen-bond acceptors (Lipinski definition) is 7. The summed E-state index contributed by atoms with van der Waals surface area (Å²) in [6.45, 7) is 1.80. The van der Waals surface area contributed by atoms with Crippen LogP contribution in [-0.2, 0) is 23.9 Å². The van der Waals surface area contributed by atoms with Crippen molar-refractivity contribution in [2.45, 2.75) is 36.6 Å². The fourth-order valence-corrected chi connectivity index (χ4v) is 3.87. The number of amides is 2. The fraction of sp³-hybridized carbons (Fsp3) is 0.250. The van der Waals surface area contributed by atoms with Gasteiger partial charge in [0.25, 0.3) is 16.0 Å². The quantitative estimate of drug-likeness (QED) is 0.240. The summed E-state index contributed by atoms with van der Waals surface area (Å²) in [4.78, 5) is 34.6. The Morgan fingerprint density at radius 2 is 1.93 bits per heavy atom. The number of hydrogen-bond donors (Lipinski definition) is 3. The van der Waals surface area contributed by atoms with Gasteiger partial charge in [0.1, 0.15) is 6.29 Å². The predicted octanol–water partition coefficient (Wildman–Crippen LogP) is 0.577. The second-order valence-electron chi connectivity index (χ2n) is 6.86. The minimum absolute atomic E-state index is 0.0505. The molecule has 2 amide bonds. The summed E-state index contributed by atoms with van der Waals surface area (Å²) in [5.74, 6) is -1.27. The van der Waals surface area contributed by atoms with Crippen LogP contribution in [0.2, 0.25) is 0 Å². The normalized spacial score (nSPS) is 17.9. The summed E-state index contributed by atoms with van der Waals surface area (Å²) in [7, 11) is -4.26. The van der Waals surface area contributed by atoms with Gasteiger partial charge < -0.3 is 15.7 Å². The number of aliphatic hydroxyl groups is 1. The molecule has 0 saturated carbocycles. The first-order chi connectivity index (χ1) is 14.2. The lowest BCUT2D eigenvalue weighted by Crippen LogP contribution is -2.61. The smallest absolute Gasteiger partial charge is 0.299 e. The Morgan fingerprint density at radius 1 is 1.27 bits per heavy atom. The average Bonchev–Trinajstić information content (AvgIpc) is 2.70. The van der Waals surface area contributed by atoms with Crippen molar-refractivity contribution >= 4 is 28.2 Å². The first-order valence-electron chi connectivity index (χ1n) is 9.02. The molecule has 1 saturated heterocycles. The third kappa shape index (κ3) is 4.90. The van der Waals surface area contributed by atoms with Crippen LogP contribution in [0.1, 0.15) is 34.0 Å². The number of β-lactam (4-membered cyclic amide) rings is 1. The summed E-state index contributed by atoms with van der Waals surface area (Å²) in [5.41, 5.74) is 1.26. The van der Waals surface area contributed by atoms with Gasteiger partial charge in [-0.25, -0.2) is 4.18 Å². The van der Waals surface area contributed by atoms with Gasteiger partial charge in [0, 0.05) is 5.56 Å². The first kappa shape index (κ1) is 21.6. The Bertz CT molecular complexity index is 1060. The molecule has 3 unspecified atom stereocenters. The Balaban J connectivity index is 1.78. The second kappa shape index (κ2) is 8.74. The lowest BCUT2D eigenvalue weighted by atomic mass is 10.0. The third-order valence-corrected chi connectivity index (χ3v) is 5.86. The fourth-order valence-electron chi connectivity index (χ4n) is 2.83. The average molecular weight is 432 g/mol. The zero-order valence-electron chi connectivity index (χ0n) is 15.9. The maximum atomic E-state index is 12.6. The van der Waals surface area contributed by atoms with E-state index in [0.29, 0.717) is 6.29 Å². The van der Waals surface area contributed by atoms with Crippen LogP contribution in [-0.4, -0.2) is 43.9 Å². The standard InChI is InChI=1S/C20H20N2O7S/c1-12-5-7-15(8-6-12)30(27,28)29-20(16-10-17(24)21-16)22-19(26)18(25)14-4-2-3-13(9-14)11-23/h2-9,11,16,18,20,25H,10H2,1H3,(H,21,24)(H,22,26). The van der Waals surface area contributed by atoms with Crippen molar-refractivity contribution in [2.24, 2.45) is 0 Å². The van der Waals surface area contributed by atoms with Crippen molar-refractivity contribution in [1.29, 1.82) is 0 Å². The first-order valence-corrected chi connectivity index (χ1v) is 10.4. The summed E-state index contributed by atoms with van der Waals surface area (Å²) < 4.78 is 30.4. The monoisotopic (exact) mass is 432 g/mol. The lowest BCUT2D eigenvalue weighted by molar-refractivity contribution is -0.137. The van der Waals surface area contributed by atoms with Crippen LogP contribution >= 0.6 is 0 Å². The van der Waals surface area contributed by atoms with Crippen LogP contribution in [0.15, 0.2) is 53.4 Å². The van der Waals surface area contributed by atoms with Crippen LogP contribution in [0.4, 0.5) is 0 Å². The number of aldehydes is 1. The maximum absolute atomic E-state index is 12.6. The van der Waals surface area contributed by atoms with E-state index in [-0.39, 0.29) is 28.4 Å². The molecule has 30 heavy (non-hydrogen) atoms. The van der Waals surface area contributed by atoms with Gasteiger partial charge in [-0.15, -0.1) is 0 Å². The number of benzene rings is 2. The second-order valence-corrected chi connectivity index (χ2v) is 8.43.